The van der Waals surface area contributed by atoms with Gasteiger partial charge in [-0.05, 0) is 25.0 Å². The summed E-state index contributed by atoms with van der Waals surface area (Å²) in [6.45, 7) is 0.212. The van der Waals surface area contributed by atoms with E-state index in [1.54, 1.807) is 18.5 Å². The molecule has 0 unspecified atom stereocenters. The Morgan fingerprint density at radius 2 is 2.22 bits per heavy atom. The Balaban J connectivity index is 1.57. The minimum atomic E-state index is -0.398. The first kappa shape index (κ1) is 14.9. The molecule has 118 valence electrons. The highest BCUT2D eigenvalue weighted by molar-refractivity contribution is 6.60. The fourth-order valence-corrected chi connectivity index (χ4v) is 1.86. The Hall–Kier alpha value is -3.03. The highest BCUT2D eigenvalue weighted by Gasteiger charge is 2.20. The average molecular weight is 312 g/mol. The third kappa shape index (κ3) is 4.00. The number of hydrogen-bond donors (Lipinski definition) is 2. The predicted molar refractivity (Wildman–Crippen MR) is 84.7 cm³/mol. The highest BCUT2D eigenvalue weighted by Crippen LogP contribution is 2.22. The number of amides is 1. The molecule has 23 heavy (non-hydrogen) atoms. The lowest BCUT2D eigenvalue weighted by Crippen LogP contribution is -2.32. The molecule has 1 aliphatic rings. The smallest absolute Gasteiger partial charge is 0.273 e. The Labute approximate surface area is 132 Å². The van der Waals surface area contributed by atoms with Gasteiger partial charge in [0.25, 0.3) is 5.91 Å². The van der Waals surface area contributed by atoms with E-state index in [9.17, 15) is 4.79 Å². The van der Waals surface area contributed by atoms with Crippen LogP contribution in [0.5, 0.6) is 0 Å². The SMILES string of the molecule is N/N=C(\C=NC1CC1)C(=O)NCc1cc(-c2ccncc2)on1. The van der Waals surface area contributed by atoms with Crippen molar-refractivity contribution in [1.82, 2.24) is 15.5 Å². The lowest BCUT2D eigenvalue weighted by molar-refractivity contribution is -0.114. The van der Waals surface area contributed by atoms with Crippen LogP contribution in [0.3, 0.4) is 0 Å². The first-order chi connectivity index (χ1) is 11.3. The van der Waals surface area contributed by atoms with Crippen LogP contribution in [0.15, 0.2) is 45.2 Å². The number of hydrazone groups is 1. The zero-order valence-corrected chi connectivity index (χ0v) is 12.3. The molecule has 1 aliphatic carbocycles. The molecule has 0 saturated heterocycles. The van der Waals surface area contributed by atoms with Crippen LogP contribution >= 0.6 is 0 Å². The van der Waals surface area contributed by atoms with Crippen molar-refractivity contribution in [3.63, 3.8) is 0 Å². The van der Waals surface area contributed by atoms with Gasteiger partial charge in [0.15, 0.2) is 11.5 Å². The molecule has 1 saturated carbocycles. The first-order valence-corrected chi connectivity index (χ1v) is 7.21. The zero-order chi connectivity index (χ0) is 16.1. The van der Waals surface area contributed by atoms with Crippen molar-refractivity contribution in [1.29, 1.82) is 0 Å². The van der Waals surface area contributed by atoms with Gasteiger partial charge >= 0.3 is 0 Å². The second kappa shape index (κ2) is 6.82. The summed E-state index contributed by atoms with van der Waals surface area (Å²) < 4.78 is 5.25. The third-order valence-corrected chi connectivity index (χ3v) is 3.28. The van der Waals surface area contributed by atoms with Gasteiger partial charge in [-0.2, -0.15) is 5.10 Å². The van der Waals surface area contributed by atoms with Crippen LogP contribution in [-0.4, -0.2) is 34.0 Å². The Bertz CT molecular complexity index is 733. The van der Waals surface area contributed by atoms with Crippen molar-refractivity contribution in [2.75, 3.05) is 0 Å². The van der Waals surface area contributed by atoms with Gasteiger partial charge in [0, 0.05) is 24.0 Å². The molecular formula is C15H16N6O2. The van der Waals surface area contributed by atoms with Crippen molar-refractivity contribution in [2.24, 2.45) is 15.9 Å². The van der Waals surface area contributed by atoms with Crippen molar-refractivity contribution in [3.8, 4) is 11.3 Å². The molecule has 2 aromatic rings. The molecule has 2 heterocycles. The summed E-state index contributed by atoms with van der Waals surface area (Å²) >= 11 is 0. The molecular weight excluding hydrogens is 296 g/mol. The summed E-state index contributed by atoms with van der Waals surface area (Å²) in [5, 5.41) is 10.1. The number of rotatable bonds is 6. The molecule has 8 heteroatoms. The van der Waals surface area contributed by atoms with E-state index < -0.39 is 5.91 Å². The molecule has 0 spiro atoms. The summed E-state index contributed by atoms with van der Waals surface area (Å²) in [6.07, 6.45) is 6.85. The van der Waals surface area contributed by atoms with Gasteiger partial charge in [-0.25, -0.2) is 0 Å². The number of nitrogens with zero attached hydrogens (tertiary/aromatic N) is 4. The van der Waals surface area contributed by atoms with Gasteiger partial charge in [0.1, 0.15) is 5.69 Å². The number of hydrogen-bond acceptors (Lipinski definition) is 7. The molecule has 3 N–H and O–H groups in total. The molecule has 2 aromatic heterocycles. The quantitative estimate of drug-likeness (QED) is 0.466. The monoisotopic (exact) mass is 312 g/mol. The standard InChI is InChI=1S/C15H16N6O2/c16-20-13(9-18-11-1-2-11)15(22)19-8-12-7-14(23-21-12)10-3-5-17-6-4-10/h3-7,9,11H,1-2,8,16H2,(H,19,22)/b18-9?,20-13+. The molecule has 0 aliphatic heterocycles. The van der Waals surface area contributed by atoms with E-state index >= 15 is 0 Å². The molecule has 8 nitrogen and oxygen atoms in total. The molecule has 1 amide bonds. The molecule has 1 fully saturated rings. The van der Waals surface area contributed by atoms with Crippen LogP contribution in [-0.2, 0) is 11.3 Å². The lowest BCUT2D eigenvalue weighted by atomic mass is 10.2. The van der Waals surface area contributed by atoms with Gasteiger partial charge in [0.2, 0.25) is 0 Å². The van der Waals surface area contributed by atoms with Crippen molar-refractivity contribution < 1.29 is 9.32 Å². The van der Waals surface area contributed by atoms with Crippen LogP contribution in [0.2, 0.25) is 0 Å². The summed E-state index contributed by atoms with van der Waals surface area (Å²) in [7, 11) is 0. The lowest BCUT2D eigenvalue weighted by Gasteiger charge is -2.01. The fourth-order valence-electron chi connectivity index (χ4n) is 1.86. The van der Waals surface area contributed by atoms with Crippen LogP contribution in [0.4, 0.5) is 0 Å². The maximum absolute atomic E-state index is 12.0. The van der Waals surface area contributed by atoms with E-state index in [1.807, 2.05) is 12.1 Å². The van der Waals surface area contributed by atoms with Crippen LogP contribution in [0.1, 0.15) is 18.5 Å². The van der Waals surface area contributed by atoms with Crippen LogP contribution in [0.25, 0.3) is 11.3 Å². The van der Waals surface area contributed by atoms with E-state index in [2.05, 4.69) is 25.6 Å². The summed E-state index contributed by atoms with van der Waals surface area (Å²) in [5.74, 6) is 5.44. The van der Waals surface area contributed by atoms with Gasteiger partial charge in [-0.1, -0.05) is 5.16 Å². The predicted octanol–water partition coefficient (Wildman–Crippen LogP) is 0.901. The molecule has 0 bridgehead atoms. The van der Waals surface area contributed by atoms with Gasteiger partial charge < -0.3 is 15.7 Å². The topological polar surface area (TPSA) is 119 Å². The number of pyridine rings is 1. The number of carbonyl (C=O) groups is 1. The summed E-state index contributed by atoms with van der Waals surface area (Å²) in [6, 6.07) is 5.69. The minimum Gasteiger partial charge on any atom is -0.356 e. The number of nitrogens with one attached hydrogen (secondary N) is 1. The molecule has 0 radical (unpaired) electrons. The highest BCUT2D eigenvalue weighted by atomic mass is 16.5. The number of carbonyl (C=O) groups excluding carboxylic acids is 1. The van der Waals surface area contributed by atoms with E-state index in [4.69, 9.17) is 10.4 Å². The van der Waals surface area contributed by atoms with Gasteiger partial charge in [-0.15, -0.1) is 0 Å². The van der Waals surface area contributed by atoms with Gasteiger partial charge in [0.05, 0.1) is 18.8 Å². The van der Waals surface area contributed by atoms with Crippen LogP contribution in [0, 0.1) is 0 Å². The van der Waals surface area contributed by atoms with E-state index in [0.29, 0.717) is 17.5 Å². The van der Waals surface area contributed by atoms with E-state index in [0.717, 1.165) is 18.4 Å². The summed E-state index contributed by atoms with van der Waals surface area (Å²) in [4.78, 5) is 20.1. The average Bonchev–Trinajstić information content (AvgIpc) is 3.29. The summed E-state index contributed by atoms with van der Waals surface area (Å²) in [5.41, 5.74) is 1.56. The normalized spacial score (nSPS) is 15.0. The third-order valence-electron chi connectivity index (χ3n) is 3.28. The van der Waals surface area contributed by atoms with Crippen LogP contribution < -0.4 is 11.2 Å². The van der Waals surface area contributed by atoms with Gasteiger partial charge in [-0.3, -0.25) is 14.8 Å². The molecule has 3 rings (SSSR count). The number of nitrogens with two attached hydrogens (primary N) is 1. The fraction of sp³-hybridized carbons (Fsp3) is 0.267. The second-order valence-corrected chi connectivity index (χ2v) is 5.12. The van der Waals surface area contributed by atoms with Crippen molar-refractivity contribution >= 4 is 17.8 Å². The Kier molecular flexibility index (Phi) is 4.41. The number of aromatic nitrogens is 2. The van der Waals surface area contributed by atoms with E-state index in [1.165, 1.54) is 6.21 Å². The second-order valence-electron chi connectivity index (χ2n) is 5.12. The first-order valence-electron chi connectivity index (χ1n) is 7.21. The Morgan fingerprint density at radius 3 is 2.91 bits per heavy atom. The number of aliphatic imine (C=N–C) groups is 1. The van der Waals surface area contributed by atoms with E-state index in [-0.39, 0.29) is 12.3 Å². The van der Waals surface area contributed by atoms with Crippen molar-refractivity contribution in [2.45, 2.75) is 25.4 Å². The molecule has 0 atom stereocenters. The van der Waals surface area contributed by atoms with Crippen molar-refractivity contribution in [3.05, 3.63) is 36.3 Å². The Morgan fingerprint density at radius 1 is 1.43 bits per heavy atom. The minimum absolute atomic E-state index is 0.0924. The maximum atomic E-state index is 12.0. The zero-order valence-electron chi connectivity index (χ0n) is 12.3. The molecule has 0 aromatic carbocycles. The maximum Gasteiger partial charge on any atom is 0.273 e. The largest absolute Gasteiger partial charge is 0.356 e.